The molecular weight excluding hydrogens is 238 g/mol. The summed E-state index contributed by atoms with van der Waals surface area (Å²) in [4.78, 5) is 41.0. The van der Waals surface area contributed by atoms with Crippen LogP contribution in [0.4, 0.5) is 0 Å². The third-order valence-electron chi connectivity index (χ3n) is 2.92. The van der Waals surface area contributed by atoms with Gasteiger partial charge in [-0.1, -0.05) is 0 Å². The van der Waals surface area contributed by atoms with E-state index < -0.39 is 5.69 Å². The molecule has 1 saturated heterocycles. The van der Waals surface area contributed by atoms with Gasteiger partial charge in [0.15, 0.2) is 0 Å². The van der Waals surface area contributed by atoms with E-state index in [4.69, 9.17) is 4.84 Å². The maximum atomic E-state index is 11.7. The van der Waals surface area contributed by atoms with E-state index in [1.54, 1.807) is 13.1 Å². The molecular formula is C11H15N3O4. The van der Waals surface area contributed by atoms with Gasteiger partial charge in [-0.15, -0.1) is 5.06 Å². The minimum atomic E-state index is -0.430. The van der Waals surface area contributed by atoms with Gasteiger partial charge >= 0.3 is 11.7 Å². The Hall–Kier alpha value is -1.89. The van der Waals surface area contributed by atoms with E-state index in [1.165, 1.54) is 16.6 Å². The molecule has 0 spiro atoms. The van der Waals surface area contributed by atoms with E-state index in [0.29, 0.717) is 25.1 Å². The van der Waals surface area contributed by atoms with E-state index in [2.05, 4.69) is 4.98 Å². The van der Waals surface area contributed by atoms with Crippen LogP contribution in [0.1, 0.15) is 24.9 Å². The lowest BCUT2D eigenvalue weighted by Crippen LogP contribution is -2.34. The first-order valence-electron chi connectivity index (χ1n) is 5.73. The van der Waals surface area contributed by atoms with Crippen LogP contribution in [0.15, 0.2) is 15.8 Å². The molecule has 1 unspecified atom stereocenters. The predicted octanol–water partition coefficient (Wildman–Crippen LogP) is -0.430. The normalized spacial score (nSPS) is 20.0. The van der Waals surface area contributed by atoms with Gasteiger partial charge in [-0.2, -0.15) is 0 Å². The smallest absolute Gasteiger partial charge is 0.328 e. The maximum absolute atomic E-state index is 11.7. The van der Waals surface area contributed by atoms with Crippen molar-refractivity contribution in [2.45, 2.75) is 26.3 Å². The first-order valence-corrected chi connectivity index (χ1v) is 5.73. The lowest BCUT2D eigenvalue weighted by Gasteiger charge is -2.15. The van der Waals surface area contributed by atoms with Gasteiger partial charge in [-0.05, 0) is 13.3 Å². The predicted molar refractivity (Wildman–Crippen MR) is 63.1 cm³/mol. The quantitative estimate of drug-likeness (QED) is 0.773. The summed E-state index contributed by atoms with van der Waals surface area (Å²) < 4.78 is 1.49. The van der Waals surface area contributed by atoms with Gasteiger partial charge < -0.3 is 4.84 Å². The average Bonchev–Trinajstić information content (AvgIpc) is 2.70. The highest BCUT2D eigenvalue weighted by Gasteiger charge is 2.26. The summed E-state index contributed by atoms with van der Waals surface area (Å²) in [5.74, 6) is -0.374. The minimum absolute atomic E-state index is 0.0904. The number of rotatable bonds is 2. The molecule has 1 aliphatic rings. The first-order chi connectivity index (χ1) is 8.47. The molecule has 2 rings (SSSR count). The van der Waals surface area contributed by atoms with Crippen LogP contribution in [0.2, 0.25) is 0 Å². The monoisotopic (exact) mass is 253 g/mol. The topological polar surface area (TPSA) is 84.4 Å². The van der Waals surface area contributed by atoms with Crippen molar-refractivity contribution in [1.29, 1.82) is 0 Å². The Bertz CT molecular complexity index is 574. The third-order valence-corrected chi connectivity index (χ3v) is 2.92. The fourth-order valence-corrected chi connectivity index (χ4v) is 2.06. The van der Waals surface area contributed by atoms with Crippen molar-refractivity contribution < 1.29 is 9.63 Å². The molecule has 1 aromatic rings. The van der Waals surface area contributed by atoms with E-state index in [0.717, 1.165) is 0 Å². The number of nitrogens with zero attached hydrogens (tertiary/aromatic N) is 2. The Labute approximate surface area is 103 Å². The summed E-state index contributed by atoms with van der Waals surface area (Å²) in [5, 5.41) is 1.53. The van der Waals surface area contributed by atoms with E-state index >= 15 is 0 Å². The Kier molecular flexibility index (Phi) is 3.33. The van der Waals surface area contributed by atoms with Crippen LogP contribution in [0.3, 0.4) is 0 Å². The van der Waals surface area contributed by atoms with Gasteiger partial charge in [0.25, 0.3) is 5.56 Å². The highest BCUT2D eigenvalue weighted by Crippen LogP contribution is 2.19. The third kappa shape index (κ3) is 2.51. The largest absolute Gasteiger partial charge is 0.368 e. The van der Waals surface area contributed by atoms with Gasteiger partial charge in [0.1, 0.15) is 0 Å². The second kappa shape index (κ2) is 4.77. The molecule has 2 heterocycles. The SMILES string of the molecule is CC(=O)ON1CCC(n2cc(C)c(=O)[nH]c2=O)C1. The highest BCUT2D eigenvalue weighted by molar-refractivity contribution is 5.65. The fraction of sp³-hybridized carbons (Fsp3) is 0.545. The number of carbonyl (C=O) groups excluding carboxylic acids is 1. The van der Waals surface area contributed by atoms with Crippen LogP contribution < -0.4 is 11.2 Å². The lowest BCUT2D eigenvalue weighted by molar-refractivity contribution is -0.182. The van der Waals surface area contributed by atoms with E-state index in [-0.39, 0.29) is 17.6 Å². The Morgan fingerprint density at radius 2 is 2.22 bits per heavy atom. The van der Waals surface area contributed by atoms with Gasteiger partial charge in [0.2, 0.25) is 0 Å². The van der Waals surface area contributed by atoms with Crippen LogP contribution >= 0.6 is 0 Å². The number of hydroxylamine groups is 2. The molecule has 0 aromatic carbocycles. The summed E-state index contributed by atoms with van der Waals surface area (Å²) in [6.45, 7) is 4.01. The number of hydrogen-bond donors (Lipinski definition) is 1. The molecule has 0 radical (unpaired) electrons. The van der Waals surface area contributed by atoms with Crippen LogP contribution in [0.25, 0.3) is 0 Å². The molecule has 7 nitrogen and oxygen atoms in total. The van der Waals surface area contributed by atoms with E-state index in [1.807, 2.05) is 0 Å². The maximum Gasteiger partial charge on any atom is 0.328 e. The van der Waals surface area contributed by atoms with Crippen molar-refractivity contribution in [3.8, 4) is 0 Å². The minimum Gasteiger partial charge on any atom is -0.368 e. The van der Waals surface area contributed by atoms with Crippen molar-refractivity contribution in [3.05, 3.63) is 32.6 Å². The molecule has 1 fully saturated rings. The molecule has 1 atom stereocenters. The second-order valence-electron chi connectivity index (χ2n) is 4.39. The summed E-state index contributed by atoms with van der Waals surface area (Å²) in [6.07, 6.45) is 2.24. The molecule has 1 N–H and O–H groups in total. The molecule has 7 heteroatoms. The summed E-state index contributed by atoms with van der Waals surface area (Å²) in [7, 11) is 0. The molecule has 0 amide bonds. The van der Waals surface area contributed by atoms with Gasteiger partial charge in [0.05, 0.1) is 12.6 Å². The molecule has 0 aliphatic carbocycles. The Balaban J connectivity index is 2.19. The molecule has 1 aromatic heterocycles. The van der Waals surface area contributed by atoms with Crippen LogP contribution in [0.5, 0.6) is 0 Å². The molecule has 0 bridgehead atoms. The Morgan fingerprint density at radius 1 is 1.50 bits per heavy atom. The second-order valence-corrected chi connectivity index (χ2v) is 4.39. The molecule has 98 valence electrons. The van der Waals surface area contributed by atoms with Gasteiger partial charge in [0, 0.05) is 25.2 Å². The number of aryl methyl sites for hydroxylation is 1. The van der Waals surface area contributed by atoms with Crippen molar-refractivity contribution in [1.82, 2.24) is 14.6 Å². The fourth-order valence-electron chi connectivity index (χ4n) is 2.06. The van der Waals surface area contributed by atoms with Gasteiger partial charge in [-0.3, -0.25) is 19.1 Å². The van der Waals surface area contributed by atoms with Crippen molar-refractivity contribution in [2.75, 3.05) is 13.1 Å². The Morgan fingerprint density at radius 3 is 2.89 bits per heavy atom. The number of nitrogens with one attached hydrogen (secondary N) is 1. The van der Waals surface area contributed by atoms with Gasteiger partial charge in [-0.25, -0.2) is 4.79 Å². The van der Waals surface area contributed by atoms with Crippen molar-refractivity contribution in [3.63, 3.8) is 0 Å². The molecule has 1 aliphatic heterocycles. The summed E-state index contributed by atoms with van der Waals surface area (Å²) >= 11 is 0. The highest BCUT2D eigenvalue weighted by atomic mass is 16.7. The number of hydrogen-bond acceptors (Lipinski definition) is 5. The number of carbonyl (C=O) groups is 1. The average molecular weight is 253 g/mol. The zero-order valence-corrected chi connectivity index (χ0v) is 10.3. The molecule has 0 saturated carbocycles. The standard InChI is InChI=1S/C11H15N3O4/c1-7-5-14(11(17)12-10(7)16)9-3-4-13(6-9)18-8(2)15/h5,9H,3-4,6H2,1-2H3,(H,12,16,17). The number of aromatic amines is 1. The number of H-pyrrole nitrogens is 1. The zero-order valence-electron chi connectivity index (χ0n) is 10.3. The number of aromatic nitrogens is 2. The van der Waals surface area contributed by atoms with Crippen molar-refractivity contribution in [2.24, 2.45) is 0 Å². The van der Waals surface area contributed by atoms with Crippen LogP contribution in [0, 0.1) is 6.92 Å². The van der Waals surface area contributed by atoms with Crippen molar-refractivity contribution >= 4 is 5.97 Å². The summed E-state index contributed by atoms with van der Waals surface area (Å²) in [5.41, 5.74) is -0.313. The molecule has 18 heavy (non-hydrogen) atoms. The van der Waals surface area contributed by atoms with Crippen LogP contribution in [-0.2, 0) is 9.63 Å². The first kappa shape index (κ1) is 12.6. The van der Waals surface area contributed by atoms with Crippen LogP contribution in [-0.4, -0.2) is 33.7 Å². The lowest BCUT2D eigenvalue weighted by atomic mass is 10.2. The summed E-state index contributed by atoms with van der Waals surface area (Å²) in [6, 6.07) is -0.0904. The zero-order chi connectivity index (χ0) is 13.3. The van der Waals surface area contributed by atoms with E-state index in [9.17, 15) is 14.4 Å².